The number of carbonyl (C=O) groups excluding carboxylic acids is 1. The molecule has 0 aliphatic rings. The van der Waals surface area contributed by atoms with E-state index in [1.807, 2.05) is 66.7 Å². The number of hydrogen-bond donors (Lipinski definition) is 1. The van der Waals surface area contributed by atoms with Crippen molar-refractivity contribution in [2.45, 2.75) is 6.92 Å². The fraction of sp³-hybridized carbons (Fsp3) is 0.0455. The summed E-state index contributed by atoms with van der Waals surface area (Å²) in [5.74, 6) is -0.552. The van der Waals surface area contributed by atoms with Crippen LogP contribution in [0.5, 0.6) is 0 Å². The topological polar surface area (TPSA) is 29.1 Å². The lowest BCUT2D eigenvalue weighted by atomic mass is 10.0. The Balaban J connectivity index is 1.97. The molecule has 0 fully saturated rings. The van der Waals surface area contributed by atoms with Gasteiger partial charge in [-0.15, -0.1) is 0 Å². The van der Waals surface area contributed by atoms with Gasteiger partial charge in [0.05, 0.1) is 0 Å². The number of benzene rings is 3. The van der Waals surface area contributed by atoms with Gasteiger partial charge in [0.25, 0.3) is 5.91 Å². The first-order valence-electron chi connectivity index (χ1n) is 8.03. The second-order valence-electron chi connectivity index (χ2n) is 5.75. The largest absolute Gasteiger partial charge is 0.322 e. The Morgan fingerprint density at radius 3 is 2.20 bits per heavy atom. The Hall–Kier alpha value is -3.20. The maximum absolute atomic E-state index is 13.3. The van der Waals surface area contributed by atoms with Gasteiger partial charge in [0, 0.05) is 11.3 Å². The van der Waals surface area contributed by atoms with Gasteiger partial charge in [0.15, 0.2) is 0 Å². The van der Waals surface area contributed by atoms with Crippen molar-refractivity contribution in [3.63, 3.8) is 0 Å². The lowest BCUT2D eigenvalue weighted by Crippen LogP contribution is -2.14. The van der Waals surface area contributed by atoms with E-state index in [1.165, 1.54) is 12.1 Å². The molecule has 1 N–H and O–H groups in total. The van der Waals surface area contributed by atoms with Gasteiger partial charge >= 0.3 is 0 Å². The van der Waals surface area contributed by atoms with Crippen molar-refractivity contribution < 1.29 is 9.18 Å². The Bertz CT molecular complexity index is 902. The van der Waals surface area contributed by atoms with Crippen molar-refractivity contribution in [1.29, 1.82) is 0 Å². The van der Waals surface area contributed by atoms with Gasteiger partial charge in [-0.1, -0.05) is 60.7 Å². The number of nitrogens with one attached hydrogen (secondary N) is 1. The molecule has 0 atom stereocenters. The molecule has 25 heavy (non-hydrogen) atoms. The molecule has 0 aliphatic carbocycles. The number of halogens is 1. The van der Waals surface area contributed by atoms with Gasteiger partial charge in [0.2, 0.25) is 0 Å². The Labute approximate surface area is 146 Å². The fourth-order valence-corrected chi connectivity index (χ4v) is 2.57. The number of anilines is 1. The molecule has 3 heteroatoms. The van der Waals surface area contributed by atoms with Crippen LogP contribution in [0.1, 0.15) is 16.7 Å². The summed E-state index contributed by atoms with van der Waals surface area (Å²) in [4.78, 5) is 12.9. The third-order valence-electron chi connectivity index (χ3n) is 3.88. The van der Waals surface area contributed by atoms with Crippen molar-refractivity contribution in [1.82, 2.24) is 0 Å². The highest BCUT2D eigenvalue weighted by molar-refractivity contribution is 6.29. The molecule has 0 saturated heterocycles. The minimum atomic E-state index is -0.321. The summed E-state index contributed by atoms with van der Waals surface area (Å²) in [6.07, 6.45) is 1.85. The van der Waals surface area contributed by atoms with Gasteiger partial charge in [-0.2, -0.15) is 0 Å². The highest BCUT2D eigenvalue weighted by atomic mass is 19.1. The van der Waals surface area contributed by atoms with E-state index in [-0.39, 0.29) is 11.7 Å². The average molecular weight is 331 g/mol. The standard InChI is InChI=1S/C22H18FNO/c1-16-14-19(23)12-13-21(16)24-22(25)20(18-10-6-3-7-11-18)15-17-8-4-2-5-9-17/h2-15H,1H3,(H,24,25). The van der Waals surface area contributed by atoms with Crippen LogP contribution in [0.3, 0.4) is 0 Å². The van der Waals surface area contributed by atoms with Crippen LogP contribution >= 0.6 is 0 Å². The van der Waals surface area contributed by atoms with Crippen LogP contribution in [0.25, 0.3) is 11.6 Å². The summed E-state index contributed by atoms with van der Waals surface area (Å²) in [6, 6.07) is 23.5. The number of hydrogen-bond acceptors (Lipinski definition) is 1. The highest BCUT2D eigenvalue weighted by Gasteiger charge is 2.13. The van der Waals surface area contributed by atoms with Crippen LogP contribution in [0.4, 0.5) is 10.1 Å². The zero-order valence-corrected chi connectivity index (χ0v) is 13.9. The van der Waals surface area contributed by atoms with Gasteiger partial charge < -0.3 is 5.32 Å². The minimum absolute atomic E-state index is 0.232. The monoisotopic (exact) mass is 331 g/mol. The van der Waals surface area contributed by atoms with Crippen LogP contribution in [0, 0.1) is 12.7 Å². The molecule has 3 aromatic rings. The molecule has 0 aromatic heterocycles. The van der Waals surface area contributed by atoms with Gasteiger partial charge in [-0.3, -0.25) is 4.79 Å². The molecular weight excluding hydrogens is 313 g/mol. The Morgan fingerprint density at radius 1 is 0.920 bits per heavy atom. The molecule has 0 aliphatic heterocycles. The lowest BCUT2D eigenvalue weighted by Gasteiger charge is -2.12. The normalized spacial score (nSPS) is 11.2. The lowest BCUT2D eigenvalue weighted by molar-refractivity contribution is -0.111. The second kappa shape index (κ2) is 7.58. The maximum atomic E-state index is 13.3. The predicted octanol–water partition coefficient (Wildman–Crippen LogP) is 5.31. The van der Waals surface area contributed by atoms with E-state index >= 15 is 0 Å². The third kappa shape index (κ3) is 4.21. The smallest absolute Gasteiger partial charge is 0.256 e. The number of aryl methyl sites for hydroxylation is 1. The van der Waals surface area contributed by atoms with Crippen molar-refractivity contribution in [2.75, 3.05) is 5.32 Å². The van der Waals surface area contributed by atoms with Crippen molar-refractivity contribution in [2.24, 2.45) is 0 Å². The highest BCUT2D eigenvalue weighted by Crippen LogP contribution is 2.22. The summed E-state index contributed by atoms with van der Waals surface area (Å²) in [7, 11) is 0. The SMILES string of the molecule is Cc1cc(F)ccc1NC(=O)C(=Cc1ccccc1)c1ccccc1. The maximum Gasteiger partial charge on any atom is 0.256 e. The summed E-state index contributed by atoms with van der Waals surface area (Å²) in [5.41, 5.74) is 3.59. The Morgan fingerprint density at radius 2 is 1.56 bits per heavy atom. The summed E-state index contributed by atoms with van der Waals surface area (Å²) in [5, 5.41) is 2.88. The van der Waals surface area contributed by atoms with Gasteiger partial charge in [-0.25, -0.2) is 4.39 Å². The molecule has 124 valence electrons. The molecule has 3 aromatic carbocycles. The molecule has 1 amide bonds. The van der Waals surface area contributed by atoms with E-state index in [2.05, 4.69) is 5.32 Å². The molecule has 2 nitrogen and oxygen atoms in total. The quantitative estimate of drug-likeness (QED) is 0.509. The summed E-state index contributed by atoms with van der Waals surface area (Å²) >= 11 is 0. The third-order valence-corrected chi connectivity index (χ3v) is 3.88. The average Bonchev–Trinajstić information content (AvgIpc) is 2.63. The Kier molecular flexibility index (Phi) is 5.05. The number of rotatable bonds is 4. The van der Waals surface area contributed by atoms with E-state index < -0.39 is 0 Å². The van der Waals surface area contributed by atoms with Crippen LogP contribution in [0.15, 0.2) is 78.9 Å². The molecule has 0 bridgehead atoms. The first kappa shape index (κ1) is 16.7. The van der Waals surface area contributed by atoms with Crippen LogP contribution < -0.4 is 5.32 Å². The minimum Gasteiger partial charge on any atom is -0.322 e. The fourth-order valence-electron chi connectivity index (χ4n) is 2.57. The van der Waals surface area contributed by atoms with E-state index in [1.54, 1.807) is 13.0 Å². The zero-order valence-electron chi connectivity index (χ0n) is 13.9. The first-order chi connectivity index (χ1) is 12.1. The number of carbonyl (C=O) groups is 1. The van der Waals surface area contributed by atoms with E-state index in [0.717, 1.165) is 11.1 Å². The second-order valence-corrected chi connectivity index (χ2v) is 5.75. The van der Waals surface area contributed by atoms with Crippen LogP contribution in [0.2, 0.25) is 0 Å². The molecule has 0 spiro atoms. The molecule has 3 rings (SSSR count). The van der Waals surface area contributed by atoms with Crippen LogP contribution in [-0.2, 0) is 4.79 Å². The van der Waals surface area contributed by atoms with Crippen molar-refractivity contribution in [3.05, 3.63) is 101 Å². The molecule has 0 radical (unpaired) electrons. The molecular formula is C22H18FNO. The molecule has 0 unspecified atom stereocenters. The van der Waals surface area contributed by atoms with Crippen LogP contribution in [-0.4, -0.2) is 5.91 Å². The van der Waals surface area contributed by atoms with E-state index in [9.17, 15) is 9.18 Å². The van der Waals surface area contributed by atoms with Crippen molar-refractivity contribution >= 4 is 23.2 Å². The van der Waals surface area contributed by atoms with E-state index in [4.69, 9.17) is 0 Å². The molecule has 0 heterocycles. The van der Waals surface area contributed by atoms with Gasteiger partial charge in [0.1, 0.15) is 5.82 Å². The summed E-state index contributed by atoms with van der Waals surface area (Å²) in [6.45, 7) is 1.77. The predicted molar refractivity (Wildman–Crippen MR) is 101 cm³/mol. The number of amides is 1. The summed E-state index contributed by atoms with van der Waals surface area (Å²) < 4.78 is 13.3. The van der Waals surface area contributed by atoms with Gasteiger partial charge in [-0.05, 0) is 47.9 Å². The first-order valence-corrected chi connectivity index (χ1v) is 8.03. The zero-order chi connectivity index (χ0) is 17.6. The molecule has 0 saturated carbocycles. The van der Waals surface area contributed by atoms with E-state index in [0.29, 0.717) is 16.8 Å². The van der Waals surface area contributed by atoms with Crippen molar-refractivity contribution in [3.8, 4) is 0 Å².